The molecular formula is C14H8Cl2N2O2. The molecule has 4 nitrogen and oxygen atoms in total. The summed E-state index contributed by atoms with van der Waals surface area (Å²) in [6.07, 6.45) is 0. The summed E-state index contributed by atoms with van der Waals surface area (Å²) < 4.78 is 0. The Bertz CT molecular complexity index is 827. The molecule has 0 fully saturated rings. The Kier molecular flexibility index (Phi) is 3.12. The second-order valence-electron chi connectivity index (χ2n) is 4.22. The number of aromatic amines is 1. The Labute approximate surface area is 124 Å². The fourth-order valence-electron chi connectivity index (χ4n) is 2.01. The van der Waals surface area contributed by atoms with Crippen molar-refractivity contribution in [2.45, 2.75) is 0 Å². The van der Waals surface area contributed by atoms with Crippen LogP contribution in [0.1, 0.15) is 10.4 Å². The number of nitrogens with one attached hydrogen (secondary N) is 1. The molecule has 2 N–H and O–H groups in total. The molecule has 20 heavy (non-hydrogen) atoms. The molecule has 6 heteroatoms. The van der Waals surface area contributed by atoms with Crippen LogP contribution in [-0.4, -0.2) is 21.0 Å². The Morgan fingerprint density at radius 1 is 1.20 bits per heavy atom. The predicted octanol–water partition coefficient (Wildman–Crippen LogP) is 4.23. The van der Waals surface area contributed by atoms with Gasteiger partial charge in [0.1, 0.15) is 11.3 Å². The first-order chi connectivity index (χ1) is 9.56. The number of fused-ring (bicyclic) bond motifs is 1. The maximum absolute atomic E-state index is 11.2. The monoisotopic (exact) mass is 306 g/mol. The number of nitrogens with zero attached hydrogens (tertiary/aromatic N) is 1. The first kappa shape index (κ1) is 13.0. The van der Waals surface area contributed by atoms with E-state index in [9.17, 15) is 4.79 Å². The number of aromatic carboxylic acids is 1. The average Bonchev–Trinajstić information content (AvgIpc) is 2.81. The molecule has 1 heterocycles. The number of hydrogen-bond acceptors (Lipinski definition) is 2. The molecule has 0 aliphatic rings. The van der Waals surface area contributed by atoms with Crippen LogP contribution in [0.4, 0.5) is 0 Å². The predicted molar refractivity (Wildman–Crippen MR) is 78.5 cm³/mol. The van der Waals surface area contributed by atoms with Gasteiger partial charge < -0.3 is 10.1 Å². The second kappa shape index (κ2) is 4.81. The van der Waals surface area contributed by atoms with E-state index in [1.807, 2.05) is 0 Å². The largest absolute Gasteiger partial charge is 0.478 e. The van der Waals surface area contributed by atoms with Gasteiger partial charge >= 0.3 is 5.97 Å². The Hall–Kier alpha value is -2.04. The van der Waals surface area contributed by atoms with Gasteiger partial charge in [-0.2, -0.15) is 0 Å². The zero-order valence-corrected chi connectivity index (χ0v) is 11.5. The maximum Gasteiger partial charge on any atom is 0.337 e. The smallest absolute Gasteiger partial charge is 0.337 e. The number of para-hydroxylation sites is 1. The molecule has 0 atom stereocenters. The van der Waals surface area contributed by atoms with E-state index < -0.39 is 5.97 Å². The molecule has 0 bridgehead atoms. The lowest BCUT2D eigenvalue weighted by atomic mass is 10.2. The van der Waals surface area contributed by atoms with Gasteiger partial charge in [-0.1, -0.05) is 29.3 Å². The number of rotatable bonds is 2. The molecule has 0 saturated heterocycles. The third-order valence-electron chi connectivity index (χ3n) is 2.93. The number of benzene rings is 2. The van der Waals surface area contributed by atoms with Gasteiger partial charge in [0.05, 0.1) is 16.1 Å². The summed E-state index contributed by atoms with van der Waals surface area (Å²) in [5.41, 5.74) is 1.87. The van der Waals surface area contributed by atoms with E-state index in [0.29, 0.717) is 32.5 Å². The molecule has 0 aliphatic carbocycles. The summed E-state index contributed by atoms with van der Waals surface area (Å²) in [6, 6.07) is 10.00. The molecule has 0 radical (unpaired) electrons. The van der Waals surface area contributed by atoms with Crippen molar-refractivity contribution >= 4 is 40.2 Å². The van der Waals surface area contributed by atoms with Gasteiger partial charge in [-0.25, -0.2) is 9.78 Å². The van der Waals surface area contributed by atoms with E-state index in [-0.39, 0.29) is 5.56 Å². The van der Waals surface area contributed by atoms with E-state index in [2.05, 4.69) is 9.97 Å². The van der Waals surface area contributed by atoms with E-state index in [0.717, 1.165) is 0 Å². The molecule has 3 aromatic rings. The lowest BCUT2D eigenvalue weighted by Crippen LogP contribution is -1.96. The molecule has 2 aromatic carbocycles. The minimum Gasteiger partial charge on any atom is -0.478 e. The fourth-order valence-corrected chi connectivity index (χ4v) is 2.51. The van der Waals surface area contributed by atoms with E-state index >= 15 is 0 Å². The Morgan fingerprint density at radius 2 is 2.00 bits per heavy atom. The minimum atomic E-state index is -1.02. The Balaban J connectivity index is 2.23. The third kappa shape index (κ3) is 2.13. The van der Waals surface area contributed by atoms with Crippen molar-refractivity contribution in [2.75, 3.05) is 0 Å². The zero-order chi connectivity index (χ0) is 14.3. The Morgan fingerprint density at radius 3 is 2.70 bits per heavy atom. The van der Waals surface area contributed by atoms with Crippen LogP contribution in [0, 0.1) is 0 Å². The van der Waals surface area contributed by atoms with Gasteiger partial charge in [0.25, 0.3) is 0 Å². The van der Waals surface area contributed by atoms with Gasteiger partial charge in [-0.05, 0) is 30.3 Å². The lowest BCUT2D eigenvalue weighted by Gasteiger charge is -2.00. The van der Waals surface area contributed by atoms with Crippen molar-refractivity contribution in [3.05, 3.63) is 52.0 Å². The highest BCUT2D eigenvalue weighted by Crippen LogP contribution is 2.30. The first-order valence-corrected chi connectivity index (χ1v) is 6.49. The van der Waals surface area contributed by atoms with Crippen LogP contribution >= 0.6 is 23.2 Å². The van der Waals surface area contributed by atoms with Crippen molar-refractivity contribution in [3.63, 3.8) is 0 Å². The highest BCUT2D eigenvalue weighted by atomic mass is 35.5. The van der Waals surface area contributed by atoms with Crippen LogP contribution in [-0.2, 0) is 0 Å². The minimum absolute atomic E-state index is 0.148. The van der Waals surface area contributed by atoms with Gasteiger partial charge in [-0.15, -0.1) is 0 Å². The molecular weight excluding hydrogens is 299 g/mol. The van der Waals surface area contributed by atoms with Crippen molar-refractivity contribution < 1.29 is 9.90 Å². The van der Waals surface area contributed by atoms with Crippen molar-refractivity contribution in [1.82, 2.24) is 9.97 Å². The second-order valence-corrected chi connectivity index (χ2v) is 5.06. The SMILES string of the molecule is O=C(O)c1cccc2[nH]c(-c3ccc(Cl)cc3Cl)nc12. The average molecular weight is 307 g/mol. The molecule has 0 unspecified atom stereocenters. The number of halogens is 2. The molecule has 0 saturated carbocycles. The normalized spacial score (nSPS) is 10.9. The van der Waals surface area contributed by atoms with Crippen LogP contribution < -0.4 is 0 Å². The topological polar surface area (TPSA) is 66.0 Å². The van der Waals surface area contributed by atoms with Gasteiger partial charge in [-0.3, -0.25) is 0 Å². The number of hydrogen-bond donors (Lipinski definition) is 2. The summed E-state index contributed by atoms with van der Waals surface area (Å²) in [7, 11) is 0. The van der Waals surface area contributed by atoms with Gasteiger partial charge in [0.15, 0.2) is 0 Å². The summed E-state index contributed by atoms with van der Waals surface area (Å²) in [6.45, 7) is 0. The number of carbonyl (C=O) groups is 1. The summed E-state index contributed by atoms with van der Waals surface area (Å²) in [4.78, 5) is 18.6. The molecule has 100 valence electrons. The molecule has 1 aromatic heterocycles. The lowest BCUT2D eigenvalue weighted by molar-refractivity contribution is 0.0699. The summed E-state index contributed by atoms with van der Waals surface area (Å²) in [5.74, 6) is -0.508. The van der Waals surface area contributed by atoms with Crippen molar-refractivity contribution in [3.8, 4) is 11.4 Å². The number of H-pyrrole nitrogens is 1. The van der Waals surface area contributed by atoms with E-state index in [4.69, 9.17) is 28.3 Å². The number of carboxylic acid groups (broad SMARTS) is 1. The fraction of sp³-hybridized carbons (Fsp3) is 0. The molecule has 0 amide bonds. The standard InChI is InChI=1S/C14H8Cl2N2O2/c15-7-4-5-8(10(16)6-7)13-17-11-3-1-2-9(14(19)20)12(11)18-13/h1-6H,(H,17,18)(H,19,20). The third-order valence-corrected chi connectivity index (χ3v) is 3.48. The quantitative estimate of drug-likeness (QED) is 0.744. The molecule has 0 aliphatic heterocycles. The number of carboxylic acids is 1. The van der Waals surface area contributed by atoms with Crippen molar-refractivity contribution in [2.24, 2.45) is 0 Å². The van der Waals surface area contributed by atoms with Gasteiger partial charge in [0, 0.05) is 10.6 Å². The van der Waals surface area contributed by atoms with E-state index in [1.54, 1.807) is 30.3 Å². The molecule has 0 spiro atoms. The summed E-state index contributed by atoms with van der Waals surface area (Å²) >= 11 is 12.0. The van der Waals surface area contributed by atoms with Crippen LogP contribution in [0.5, 0.6) is 0 Å². The van der Waals surface area contributed by atoms with Crippen LogP contribution in [0.2, 0.25) is 10.0 Å². The van der Waals surface area contributed by atoms with Gasteiger partial charge in [0.2, 0.25) is 0 Å². The zero-order valence-electron chi connectivity index (χ0n) is 10.0. The maximum atomic E-state index is 11.2. The van der Waals surface area contributed by atoms with Crippen LogP contribution in [0.15, 0.2) is 36.4 Å². The van der Waals surface area contributed by atoms with E-state index in [1.165, 1.54) is 6.07 Å². The number of imidazole rings is 1. The van der Waals surface area contributed by atoms with Crippen LogP contribution in [0.25, 0.3) is 22.4 Å². The highest BCUT2D eigenvalue weighted by molar-refractivity contribution is 6.36. The molecule has 3 rings (SSSR count). The number of aromatic nitrogens is 2. The highest BCUT2D eigenvalue weighted by Gasteiger charge is 2.14. The van der Waals surface area contributed by atoms with Crippen LogP contribution in [0.3, 0.4) is 0 Å². The van der Waals surface area contributed by atoms with Crippen molar-refractivity contribution in [1.29, 1.82) is 0 Å². The summed E-state index contributed by atoms with van der Waals surface area (Å²) in [5, 5.41) is 10.1. The first-order valence-electron chi connectivity index (χ1n) is 5.73.